The third-order valence-electron chi connectivity index (χ3n) is 5.10. The highest BCUT2D eigenvalue weighted by atomic mass is 32.2. The van der Waals surface area contributed by atoms with Crippen molar-refractivity contribution >= 4 is 27.5 Å². The van der Waals surface area contributed by atoms with E-state index in [-0.39, 0.29) is 19.6 Å². The van der Waals surface area contributed by atoms with E-state index in [4.69, 9.17) is 4.74 Å². The zero-order chi connectivity index (χ0) is 21.9. The van der Waals surface area contributed by atoms with Crippen LogP contribution < -0.4 is 15.0 Å². The quantitative estimate of drug-likeness (QED) is 0.746. The van der Waals surface area contributed by atoms with E-state index in [1.807, 2.05) is 30.3 Å². The van der Waals surface area contributed by atoms with Gasteiger partial charge in [0.1, 0.15) is 11.3 Å². The number of methoxy groups -OCH3 is 1. The number of carbonyl (C=O) groups is 2. The molecule has 0 aliphatic carbocycles. The van der Waals surface area contributed by atoms with Crippen molar-refractivity contribution in [2.75, 3.05) is 31.4 Å². The van der Waals surface area contributed by atoms with Crippen molar-refractivity contribution in [2.24, 2.45) is 0 Å². The van der Waals surface area contributed by atoms with Crippen molar-refractivity contribution in [3.63, 3.8) is 0 Å². The lowest BCUT2D eigenvalue weighted by Gasteiger charge is -2.46. The minimum Gasteiger partial charge on any atom is -0.497 e. The lowest BCUT2D eigenvalue weighted by Crippen LogP contribution is -2.70. The van der Waals surface area contributed by atoms with E-state index in [9.17, 15) is 18.0 Å². The third kappa shape index (κ3) is 4.47. The van der Waals surface area contributed by atoms with Gasteiger partial charge >= 0.3 is 0 Å². The first-order chi connectivity index (χ1) is 14.1. The van der Waals surface area contributed by atoms with Gasteiger partial charge in [-0.1, -0.05) is 36.4 Å². The van der Waals surface area contributed by atoms with Crippen molar-refractivity contribution in [3.05, 3.63) is 60.2 Å². The standard InChI is InChI=1S/C21H25N3O5S/c1-21(20(26)22-13-16-8-5-4-6-9-16)15-23(30(3,27)28)14-19(25)24(21)17-10-7-11-18(12-17)29-2/h4-12H,13-15H2,1-3H3,(H,22,26). The lowest BCUT2D eigenvalue weighted by atomic mass is 9.94. The largest absolute Gasteiger partial charge is 0.497 e. The van der Waals surface area contributed by atoms with E-state index in [0.717, 1.165) is 16.1 Å². The molecule has 1 aliphatic rings. The van der Waals surface area contributed by atoms with Gasteiger partial charge in [-0.15, -0.1) is 0 Å². The average molecular weight is 432 g/mol. The number of benzene rings is 2. The first kappa shape index (κ1) is 21.8. The summed E-state index contributed by atoms with van der Waals surface area (Å²) in [6.07, 6.45) is 1.03. The van der Waals surface area contributed by atoms with Crippen LogP contribution in [0.1, 0.15) is 12.5 Å². The van der Waals surface area contributed by atoms with Gasteiger partial charge in [-0.3, -0.25) is 14.5 Å². The molecule has 2 aromatic rings. The molecule has 2 amide bonds. The van der Waals surface area contributed by atoms with Gasteiger partial charge in [0.25, 0.3) is 0 Å². The molecule has 2 aromatic carbocycles. The van der Waals surface area contributed by atoms with Crippen LogP contribution in [-0.4, -0.2) is 56.5 Å². The fourth-order valence-corrected chi connectivity index (χ4v) is 4.35. The maximum Gasteiger partial charge on any atom is 0.247 e. The number of sulfonamides is 1. The molecule has 30 heavy (non-hydrogen) atoms. The van der Waals surface area contributed by atoms with Gasteiger partial charge in [0, 0.05) is 24.8 Å². The number of nitrogens with one attached hydrogen (secondary N) is 1. The Morgan fingerprint density at radius 2 is 1.87 bits per heavy atom. The molecule has 0 saturated carbocycles. The van der Waals surface area contributed by atoms with Gasteiger partial charge in [0.2, 0.25) is 21.8 Å². The average Bonchev–Trinajstić information content (AvgIpc) is 2.71. The predicted octanol–water partition coefficient (Wildman–Crippen LogP) is 1.38. The molecule has 1 N–H and O–H groups in total. The first-order valence-corrected chi connectivity index (χ1v) is 11.2. The summed E-state index contributed by atoms with van der Waals surface area (Å²) in [6, 6.07) is 16.1. The second-order valence-electron chi connectivity index (χ2n) is 7.40. The molecular weight excluding hydrogens is 406 g/mol. The highest BCUT2D eigenvalue weighted by Gasteiger charge is 2.50. The Kier molecular flexibility index (Phi) is 6.14. The lowest BCUT2D eigenvalue weighted by molar-refractivity contribution is -0.133. The predicted molar refractivity (Wildman–Crippen MR) is 114 cm³/mol. The van der Waals surface area contributed by atoms with Gasteiger partial charge in [-0.05, 0) is 24.6 Å². The number of nitrogens with zero attached hydrogens (tertiary/aromatic N) is 2. The molecule has 1 fully saturated rings. The molecule has 1 atom stereocenters. The summed E-state index contributed by atoms with van der Waals surface area (Å²) in [7, 11) is -2.16. The van der Waals surface area contributed by atoms with Crippen molar-refractivity contribution in [1.29, 1.82) is 0 Å². The topological polar surface area (TPSA) is 96.0 Å². The summed E-state index contributed by atoms with van der Waals surface area (Å²) < 4.78 is 30.6. The number of rotatable bonds is 6. The summed E-state index contributed by atoms with van der Waals surface area (Å²) >= 11 is 0. The van der Waals surface area contributed by atoms with Crippen LogP contribution in [0.4, 0.5) is 5.69 Å². The molecule has 0 radical (unpaired) electrons. The number of piperazine rings is 1. The number of anilines is 1. The molecule has 0 aromatic heterocycles. The maximum absolute atomic E-state index is 13.3. The third-order valence-corrected chi connectivity index (χ3v) is 6.30. The van der Waals surface area contributed by atoms with E-state index in [1.165, 1.54) is 12.0 Å². The molecular formula is C21H25N3O5S. The highest BCUT2D eigenvalue weighted by molar-refractivity contribution is 7.88. The van der Waals surface area contributed by atoms with Gasteiger partial charge < -0.3 is 10.1 Å². The molecule has 1 unspecified atom stereocenters. The van der Waals surface area contributed by atoms with E-state index >= 15 is 0 Å². The van der Waals surface area contributed by atoms with Crippen LogP contribution in [-0.2, 0) is 26.2 Å². The number of amides is 2. The second kappa shape index (κ2) is 8.45. The van der Waals surface area contributed by atoms with Gasteiger partial charge in [0.05, 0.1) is 19.9 Å². The number of carbonyl (C=O) groups excluding carboxylic acids is 2. The van der Waals surface area contributed by atoms with Gasteiger partial charge in [-0.2, -0.15) is 4.31 Å². The van der Waals surface area contributed by atoms with Crippen LogP contribution in [0.2, 0.25) is 0 Å². The molecule has 1 aliphatic heterocycles. The number of ether oxygens (including phenoxy) is 1. The monoisotopic (exact) mass is 431 g/mol. The highest BCUT2D eigenvalue weighted by Crippen LogP contribution is 2.32. The van der Waals surface area contributed by atoms with Crippen LogP contribution >= 0.6 is 0 Å². The minimum absolute atomic E-state index is 0.157. The second-order valence-corrected chi connectivity index (χ2v) is 9.39. The van der Waals surface area contributed by atoms with Crippen LogP contribution in [0.25, 0.3) is 0 Å². The van der Waals surface area contributed by atoms with Gasteiger partial charge in [0.15, 0.2) is 0 Å². The summed E-state index contributed by atoms with van der Waals surface area (Å²) in [4.78, 5) is 27.7. The summed E-state index contributed by atoms with van der Waals surface area (Å²) in [5, 5.41) is 2.84. The molecule has 3 rings (SSSR count). The van der Waals surface area contributed by atoms with Crippen LogP contribution in [0.5, 0.6) is 5.75 Å². The van der Waals surface area contributed by atoms with Crippen molar-refractivity contribution < 1.29 is 22.7 Å². The molecule has 0 bridgehead atoms. The fraction of sp³-hybridized carbons (Fsp3) is 0.333. The molecule has 9 heteroatoms. The van der Waals surface area contributed by atoms with Crippen molar-refractivity contribution in [1.82, 2.24) is 9.62 Å². The Morgan fingerprint density at radius 3 is 2.50 bits per heavy atom. The van der Waals surface area contributed by atoms with Crippen LogP contribution in [0.15, 0.2) is 54.6 Å². The zero-order valence-electron chi connectivity index (χ0n) is 17.2. The molecule has 160 valence electrons. The summed E-state index contributed by atoms with van der Waals surface area (Å²) in [5.41, 5.74) is -0.0890. The Balaban J connectivity index is 1.97. The number of hydrogen-bond acceptors (Lipinski definition) is 5. The van der Waals surface area contributed by atoms with E-state index in [1.54, 1.807) is 31.2 Å². The summed E-state index contributed by atoms with van der Waals surface area (Å²) in [6.45, 7) is 1.34. The molecule has 1 heterocycles. The Bertz CT molecular complexity index is 1040. The summed E-state index contributed by atoms with van der Waals surface area (Å²) in [5.74, 6) is -0.411. The van der Waals surface area contributed by atoms with E-state index in [0.29, 0.717) is 11.4 Å². The minimum atomic E-state index is -3.67. The molecule has 1 saturated heterocycles. The molecule has 0 spiro atoms. The Labute approximate surface area is 176 Å². The van der Waals surface area contributed by atoms with Crippen LogP contribution in [0.3, 0.4) is 0 Å². The maximum atomic E-state index is 13.3. The normalized spacial score (nSPS) is 20.1. The zero-order valence-corrected chi connectivity index (χ0v) is 18.0. The van der Waals surface area contributed by atoms with Crippen molar-refractivity contribution in [3.8, 4) is 5.75 Å². The first-order valence-electron chi connectivity index (χ1n) is 9.39. The van der Waals surface area contributed by atoms with Crippen LogP contribution in [0, 0.1) is 0 Å². The SMILES string of the molecule is COc1cccc(N2C(=O)CN(S(C)(=O)=O)CC2(C)C(=O)NCc2ccccc2)c1. The van der Waals surface area contributed by atoms with E-state index < -0.39 is 27.4 Å². The smallest absolute Gasteiger partial charge is 0.247 e. The Hall–Kier alpha value is -2.91. The van der Waals surface area contributed by atoms with Gasteiger partial charge in [-0.25, -0.2) is 8.42 Å². The number of hydrogen-bond donors (Lipinski definition) is 1. The fourth-order valence-electron chi connectivity index (χ4n) is 3.52. The van der Waals surface area contributed by atoms with E-state index in [2.05, 4.69) is 5.32 Å². The Morgan fingerprint density at radius 1 is 1.17 bits per heavy atom. The van der Waals surface area contributed by atoms with Crippen molar-refractivity contribution in [2.45, 2.75) is 19.0 Å². The molecule has 8 nitrogen and oxygen atoms in total.